The van der Waals surface area contributed by atoms with Gasteiger partial charge in [-0.05, 0) is 26.0 Å². The van der Waals surface area contributed by atoms with Gasteiger partial charge >= 0.3 is 5.63 Å². The topological polar surface area (TPSA) is 101 Å². The maximum atomic E-state index is 11.9. The molecule has 23 heavy (non-hydrogen) atoms. The van der Waals surface area contributed by atoms with Crippen LogP contribution in [0.2, 0.25) is 0 Å². The fourth-order valence-electron chi connectivity index (χ4n) is 2.22. The molecule has 3 rings (SSSR count). The van der Waals surface area contributed by atoms with E-state index >= 15 is 0 Å². The van der Waals surface area contributed by atoms with Crippen LogP contribution in [0.25, 0.3) is 10.9 Å². The SMILES string of the molecule is C/C(=N/Nc1ncnc2ccccc12)c1c(O)cc(C)oc1=O. The molecule has 2 aromatic heterocycles. The van der Waals surface area contributed by atoms with Crippen molar-refractivity contribution in [1.82, 2.24) is 9.97 Å². The minimum absolute atomic E-state index is 0.0152. The normalized spacial score (nSPS) is 11.7. The van der Waals surface area contributed by atoms with Gasteiger partial charge in [0, 0.05) is 11.5 Å². The molecule has 0 aliphatic carbocycles. The summed E-state index contributed by atoms with van der Waals surface area (Å²) in [5.41, 5.74) is 3.24. The van der Waals surface area contributed by atoms with Gasteiger partial charge in [-0.2, -0.15) is 5.10 Å². The third-order valence-corrected chi connectivity index (χ3v) is 3.29. The van der Waals surface area contributed by atoms with Crippen molar-refractivity contribution >= 4 is 22.4 Å². The second-order valence-corrected chi connectivity index (χ2v) is 4.95. The summed E-state index contributed by atoms with van der Waals surface area (Å²) in [6, 6.07) is 8.84. The fourth-order valence-corrected chi connectivity index (χ4v) is 2.22. The first-order chi connectivity index (χ1) is 11.1. The van der Waals surface area contributed by atoms with Gasteiger partial charge in [0.05, 0.1) is 11.2 Å². The van der Waals surface area contributed by atoms with Crippen molar-refractivity contribution in [1.29, 1.82) is 0 Å². The van der Waals surface area contributed by atoms with Crippen molar-refractivity contribution < 1.29 is 9.52 Å². The Hall–Kier alpha value is -3.22. The van der Waals surface area contributed by atoms with Crippen LogP contribution in [0.5, 0.6) is 5.75 Å². The van der Waals surface area contributed by atoms with Gasteiger partial charge in [0.2, 0.25) is 0 Å². The molecule has 7 nitrogen and oxygen atoms in total. The van der Waals surface area contributed by atoms with Crippen molar-refractivity contribution in [2.45, 2.75) is 13.8 Å². The smallest absolute Gasteiger partial charge is 0.348 e. The zero-order valence-corrected chi connectivity index (χ0v) is 12.6. The number of aromatic hydroxyl groups is 1. The second kappa shape index (κ2) is 5.88. The van der Waals surface area contributed by atoms with Gasteiger partial charge in [-0.25, -0.2) is 14.8 Å². The number of benzene rings is 1. The van der Waals surface area contributed by atoms with E-state index in [9.17, 15) is 9.90 Å². The monoisotopic (exact) mass is 310 g/mol. The lowest BCUT2D eigenvalue weighted by molar-refractivity contribution is 0.432. The van der Waals surface area contributed by atoms with Crippen LogP contribution in [0.3, 0.4) is 0 Å². The van der Waals surface area contributed by atoms with Crippen LogP contribution in [0.15, 0.2) is 51.0 Å². The van der Waals surface area contributed by atoms with E-state index in [0.717, 1.165) is 10.9 Å². The van der Waals surface area contributed by atoms with E-state index in [2.05, 4.69) is 20.5 Å². The van der Waals surface area contributed by atoms with Gasteiger partial charge in [-0.3, -0.25) is 5.43 Å². The van der Waals surface area contributed by atoms with Crippen molar-refractivity contribution in [3.63, 3.8) is 0 Å². The highest BCUT2D eigenvalue weighted by molar-refractivity contribution is 6.01. The van der Waals surface area contributed by atoms with E-state index in [0.29, 0.717) is 17.3 Å². The Kier molecular flexibility index (Phi) is 3.76. The minimum atomic E-state index is -0.641. The summed E-state index contributed by atoms with van der Waals surface area (Å²) in [5.74, 6) is 0.666. The molecule has 0 aliphatic heterocycles. The van der Waals surface area contributed by atoms with Crippen LogP contribution in [0.4, 0.5) is 5.82 Å². The number of anilines is 1. The average Bonchev–Trinajstić information content (AvgIpc) is 2.52. The number of hydrogen-bond acceptors (Lipinski definition) is 7. The Morgan fingerprint density at radius 2 is 2.09 bits per heavy atom. The Labute approximate surface area is 131 Å². The maximum absolute atomic E-state index is 11.9. The summed E-state index contributed by atoms with van der Waals surface area (Å²) < 4.78 is 4.98. The summed E-state index contributed by atoms with van der Waals surface area (Å²) in [7, 11) is 0. The Balaban J connectivity index is 1.98. The summed E-state index contributed by atoms with van der Waals surface area (Å²) in [6.45, 7) is 3.18. The van der Waals surface area contributed by atoms with Gasteiger partial charge < -0.3 is 9.52 Å². The van der Waals surface area contributed by atoms with Gasteiger partial charge in [0.1, 0.15) is 23.4 Å². The molecule has 3 aromatic rings. The van der Waals surface area contributed by atoms with Gasteiger partial charge in [0.25, 0.3) is 0 Å². The standard InChI is InChI=1S/C16H14N4O3/c1-9-7-13(21)14(16(22)23-9)10(2)19-20-15-11-5-3-4-6-12(11)17-8-18-15/h3-8,21H,1-2H3,(H,17,18,20)/b19-10-. The highest BCUT2D eigenvalue weighted by Gasteiger charge is 2.13. The number of aromatic nitrogens is 2. The van der Waals surface area contributed by atoms with E-state index < -0.39 is 5.63 Å². The number of hydrazone groups is 1. The largest absolute Gasteiger partial charge is 0.507 e. The minimum Gasteiger partial charge on any atom is -0.507 e. The molecule has 1 aromatic carbocycles. The summed E-state index contributed by atoms with van der Waals surface area (Å²) in [4.78, 5) is 20.2. The van der Waals surface area contributed by atoms with Crippen molar-refractivity contribution in [2.75, 3.05) is 5.43 Å². The predicted octanol–water partition coefficient (Wildman–Crippen LogP) is 2.43. The van der Waals surface area contributed by atoms with Crippen LogP contribution >= 0.6 is 0 Å². The second-order valence-electron chi connectivity index (χ2n) is 4.95. The first-order valence-electron chi connectivity index (χ1n) is 6.90. The average molecular weight is 310 g/mol. The Morgan fingerprint density at radius 1 is 1.30 bits per heavy atom. The zero-order chi connectivity index (χ0) is 16.4. The lowest BCUT2D eigenvalue weighted by atomic mass is 10.2. The fraction of sp³-hybridized carbons (Fsp3) is 0.125. The quantitative estimate of drug-likeness (QED) is 0.569. The van der Waals surface area contributed by atoms with Crippen molar-refractivity contribution in [3.8, 4) is 5.75 Å². The molecule has 0 aliphatic rings. The van der Waals surface area contributed by atoms with E-state index in [-0.39, 0.29) is 11.3 Å². The van der Waals surface area contributed by atoms with Crippen LogP contribution < -0.4 is 11.1 Å². The molecule has 0 unspecified atom stereocenters. The Morgan fingerprint density at radius 3 is 2.87 bits per heavy atom. The third-order valence-electron chi connectivity index (χ3n) is 3.29. The van der Waals surface area contributed by atoms with E-state index in [1.54, 1.807) is 13.8 Å². The molecule has 0 amide bonds. The molecule has 0 atom stereocenters. The molecule has 0 saturated heterocycles. The molecule has 0 saturated carbocycles. The number of nitrogens with one attached hydrogen (secondary N) is 1. The lowest BCUT2D eigenvalue weighted by Gasteiger charge is -2.06. The first-order valence-corrected chi connectivity index (χ1v) is 6.90. The lowest BCUT2D eigenvalue weighted by Crippen LogP contribution is -2.14. The summed E-state index contributed by atoms with van der Waals surface area (Å²) >= 11 is 0. The molecule has 0 radical (unpaired) electrons. The molecule has 2 heterocycles. The van der Waals surface area contributed by atoms with Gasteiger partial charge in [0.15, 0.2) is 5.82 Å². The molecule has 2 N–H and O–H groups in total. The van der Waals surface area contributed by atoms with Gasteiger partial charge in [-0.15, -0.1) is 0 Å². The van der Waals surface area contributed by atoms with E-state index in [4.69, 9.17) is 4.42 Å². The third kappa shape index (κ3) is 2.89. The molecule has 116 valence electrons. The number of para-hydroxylation sites is 1. The summed E-state index contributed by atoms with van der Waals surface area (Å²) in [5, 5.41) is 14.8. The predicted molar refractivity (Wildman–Crippen MR) is 86.8 cm³/mol. The first kappa shape index (κ1) is 14.7. The number of rotatable bonds is 3. The molecule has 0 fully saturated rings. The number of hydrogen-bond donors (Lipinski definition) is 2. The van der Waals surface area contributed by atoms with Crippen LogP contribution in [0, 0.1) is 6.92 Å². The van der Waals surface area contributed by atoms with E-state index in [1.165, 1.54) is 12.4 Å². The highest BCUT2D eigenvalue weighted by atomic mass is 16.4. The Bertz CT molecular complexity index is 958. The molecule has 7 heteroatoms. The van der Waals surface area contributed by atoms with Crippen LogP contribution in [0.1, 0.15) is 18.2 Å². The molecular formula is C16H14N4O3. The van der Waals surface area contributed by atoms with E-state index in [1.807, 2.05) is 24.3 Å². The highest BCUT2D eigenvalue weighted by Crippen LogP contribution is 2.19. The molecule has 0 bridgehead atoms. The summed E-state index contributed by atoms with van der Waals surface area (Å²) in [6.07, 6.45) is 1.42. The maximum Gasteiger partial charge on any atom is 0.348 e. The van der Waals surface area contributed by atoms with Crippen molar-refractivity contribution in [2.24, 2.45) is 5.10 Å². The molecule has 0 spiro atoms. The van der Waals surface area contributed by atoms with Crippen LogP contribution in [-0.4, -0.2) is 20.8 Å². The number of nitrogens with zero attached hydrogens (tertiary/aromatic N) is 3. The van der Waals surface area contributed by atoms with Crippen LogP contribution in [-0.2, 0) is 0 Å². The zero-order valence-electron chi connectivity index (χ0n) is 12.6. The van der Waals surface area contributed by atoms with Crippen molar-refractivity contribution in [3.05, 3.63) is 58.4 Å². The number of fused-ring (bicyclic) bond motifs is 1. The van der Waals surface area contributed by atoms with Gasteiger partial charge in [-0.1, -0.05) is 12.1 Å². The number of aryl methyl sites for hydroxylation is 1. The molecular weight excluding hydrogens is 296 g/mol.